The maximum atomic E-state index is 13.7. The molecule has 62 heavy (non-hydrogen) atoms. The van der Waals surface area contributed by atoms with Crippen LogP contribution in [0, 0.1) is 0 Å². The van der Waals surface area contributed by atoms with E-state index in [1.54, 1.807) is 0 Å². The van der Waals surface area contributed by atoms with Crippen LogP contribution in [-0.2, 0) is 51.2 Å². The Morgan fingerprint density at radius 2 is 1.61 bits per heavy atom. The Hall–Kier alpha value is -4.55. The van der Waals surface area contributed by atoms with Crippen LogP contribution < -0.4 is 22.5 Å². The van der Waals surface area contributed by atoms with Crippen LogP contribution in [0.15, 0.2) is 42.4 Å². The molecule has 1 amide bonds. The average molecular weight is 940 g/mol. The summed E-state index contributed by atoms with van der Waals surface area (Å²) < 4.78 is 114. The molecule has 26 nitrogen and oxygen atoms in total. The molecule has 3 aromatic rings. The molecule has 1 unspecified atom stereocenters. The summed E-state index contributed by atoms with van der Waals surface area (Å²) in [5.74, 6) is -7.67. The van der Waals surface area contributed by atoms with Crippen LogP contribution in [0.4, 0.5) is 29.2 Å². The van der Waals surface area contributed by atoms with Gasteiger partial charge in [-0.15, -0.1) is 6.58 Å². The van der Waals surface area contributed by atoms with Gasteiger partial charge in [0.1, 0.15) is 42.6 Å². The summed E-state index contributed by atoms with van der Waals surface area (Å²) in [6.07, 6.45) is -13.2. The molecule has 3 rings (SSSR count). The molecular formula is C30H43F4N9O17P2. The minimum absolute atomic E-state index is 0.0532. The van der Waals surface area contributed by atoms with E-state index < -0.39 is 115 Å². The number of carbonyl (C=O) groups is 2. The molecule has 348 valence electrons. The number of methoxy groups -OCH3 is 2. The van der Waals surface area contributed by atoms with E-state index in [0.29, 0.717) is 4.57 Å². The number of carbonyl (C=O) groups excluding carboxylic acids is 2. The van der Waals surface area contributed by atoms with Crippen LogP contribution in [0.1, 0.15) is 25.3 Å². The molecule has 0 aromatic carbocycles. The minimum Gasteiger partial charge on any atom is -0.453 e. The van der Waals surface area contributed by atoms with Crippen molar-refractivity contribution in [1.82, 2.24) is 34.4 Å². The number of ether oxygens (including phenoxy) is 4. The summed E-state index contributed by atoms with van der Waals surface area (Å²) in [7, 11) is -9.12. The Kier molecular flexibility index (Phi) is 19.0. The van der Waals surface area contributed by atoms with Crippen LogP contribution in [0.3, 0.4) is 0 Å². The van der Waals surface area contributed by atoms with Crippen LogP contribution in [0.2, 0.25) is 0 Å². The van der Waals surface area contributed by atoms with Gasteiger partial charge in [0.05, 0.1) is 26.1 Å². The molecule has 32 heteroatoms. The Bertz CT molecular complexity index is 2130. The second kappa shape index (κ2) is 22.7. The number of rotatable bonds is 27. The van der Waals surface area contributed by atoms with Gasteiger partial charge in [-0.05, 0) is 12.5 Å². The lowest BCUT2D eigenvalue weighted by Crippen LogP contribution is -2.50. The largest absolute Gasteiger partial charge is 0.472 e. The number of nitrogens with two attached hydrogens (primary N) is 2. The van der Waals surface area contributed by atoms with E-state index in [-0.39, 0.29) is 35.6 Å². The first-order valence-electron chi connectivity index (χ1n) is 17.3. The molecule has 0 bridgehead atoms. The molecule has 0 fully saturated rings. The summed E-state index contributed by atoms with van der Waals surface area (Å²) in [5, 5.41) is 24.9. The topological polar surface area (TPSA) is 377 Å². The maximum absolute atomic E-state index is 13.7. The number of fused-ring (bicyclic) bond motifs is 1. The highest BCUT2D eigenvalue weighted by molar-refractivity contribution is 7.47. The van der Waals surface area contributed by atoms with Gasteiger partial charge in [0, 0.05) is 26.8 Å². The van der Waals surface area contributed by atoms with Crippen molar-refractivity contribution < 1.29 is 93.7 Å². The van der Waals surface area contributed by atoms with E-state index in [4.69, 9.17) is 34.7 Å². The number of nitrogen functional groups attached to an aromatic ring is 2. The first-order chi connectivity index (χ1) is 28.9. The zero-order chi connectivity index (χ0) is 46.6. The number of amides is 1. The van der Waals surface area contributed by atoms with Crippen molar-refractivity contribution in [2.24, 2.45) is 0 Å². The number of aliphatic hydroxyl groups excluding tert-OH is 2. The van der Waals surface area contributed by atoms with Gasteiger partial charge in [0.15, 0.2) is 36.1 Å². The monoisotopic (exact) mass is 939 g/mol. The summed E-state index contributed by atoms with van der Waals surface area (Å²) in [5.41, 5.74) is 9.78. The number of nitrogens with zero attached hydrogens (tertiary/aromatic N) is 6. The van der Waals surface area contributed by atoms with E-state index in [9.17, 15) is 66.0 Å². The normalized spacial score (nSPS) is 16.8. The van der Waals surface area contributed by atoms with Gasteiger partial charge in [0.2, 0.25) is 5.91 Å². The Morgan fingerprint density at radius 3 is 2.21 bits per heavy atom. The second-order valence-corrected chi connectivity index (χ2v) is 15.2. The predicted molar refractivity (Wildman–Crippen MR) is 198 cm³/mol. The molecule has 3 heterocycles. The molecule has 0 spiro atoms. The van der Waals surface area contributed by atoms with Crippen LogP contribution in [0.5, 0.6) is 0 Å². The van der Waals surface area contributed by atoms with Gasteiger partial charge in [-0.3, -0.25) is 27.5 Å². The summed E-state index contributed by atoms with van der Waals surface area (Å²) in [4.78, 5) is 83.3. The Morgan fingerprint density at radius 1 is 0.984 bits per heavy atom. The molecule has 0 saturated heterocycles. The van der Waals surface area contributed by atoms with E-state index in [1.807, 2.05) is 0 Å². The van der Waals surface area contributed by atoms with Gasteiger partial charge >= 0.3 is 39.7 Å². The van der Waals surface area contributed by atoms with Crippen molar-refractivity contribution >= 4 is 50.3 Å². The van der Waals surface area contributed by atoms with Crippen molar-refractivity contribution in [3.05, 3.63) is 48.1 Å². The molecular weight excluding hydrogens is 896 g/mol. The number of allylic oxidation sites excluding steroid dienone is 1. The lowest BCUT2D eigenvalue weighted by atomic mass is 10.1. The second-order valence-electron chi connectivity index (χ2n) is 12.5. The number of aliphatic hydroxyl groups is 2. The first-order valence-corrected chi connectivity index (χ1v) is 20.4. The van der Waals surface area contributed by atoms with Crippen LogP contribution in [-0.4, -0.2) is 149 Å². The van der Waals surface area contributed by atoms with E-state index in [1.165, 1.54) is 6.08 Å². The maximum Gasteiger partial charge on any atom is 0.472 e. The zero-order valence-electron chi connectivity index (χ0n) is 32.3. The number of aromatic nitrogens is 6. The summed E-state index contributed by atoms with van der Waals surface area (Å²) in [6.45, 7) is -2.06. The van der Waals surface area contributed by atoms with E-state index >= 15 is 0 Å². The molecule has 0 aliphatic rings. The average Bonchev–Trinajstić information content (AvgIpc) is 3.63. The number of nitrogens with one attached hydrogen (secondary N) is 1. The van der Waals surface area contributed by atoms with Gasteiger partial charge in [0.25, 0.3) is 0 Å². The number of esters is 1. The van der Waals surface area contributed by atoms with Crippen molar-refractivity contribution in [2.75, 3.05) is 52.1 Å². The number of halogens is 4. The Labute approximate surface area is 346 Å². The smallest absolute Gasteiger partial charge is 0.453 e. The highest BCUT2D eigenvalue weighted by Crippen LogP contribution is 2.48. The van der Waals surface area contributed by atoms with Crippen molar-refractivity contribution in [3.8, 4) is 0 Å². The quantitative estimate of drug-likeness (QED) is 0.0200. The van der Waals surface area contributed by atoms with Crippen molar-refractivity contribution in [3.63, 3.8) is 0 Å². The summed E-state index contributed by atoms with van der Waals surface area (Å²) in [6, 6.07) is -1.03. The fraction of sp³-hybridized carbons (Fsp3) is 0.567. The van der Waals surface area contributed by atoms with Gasteiger partial charge in [-0.1, -0.05) is 6.08 Å². The van der Waals surface area contributed by atoms with Gasteiger partial charge in [-0.2, -0.15) is 13.8 Å². The first kappa shape index (κ1) is 51.8. The number of hydrogen-bond donors (Lipinski definition) is 8. The lowest BCUT2D eigenvalue weighted by Gasteiger charge is -2.33. The molecule has 8 atom stereocenters. The number of hydrogen-bond acceptors (Lipinski definition) is 20. The fourth-order valence-electron chi connectivity index (χ4n) is 5.03. The molecule has 3 aromatic heterocycles. The number of phosphoric acid groups is 2. The molecule has 10 N–H and O–H groups in total. The highest BCUT2D eigenvalue weighted by Gasteiger charge is 2.44. The number of anilines is 2. The minimum atomic E-state index is -5.67. The van der Waals surface area contributed by atoms with Crippen molar-refractivity contribution in [2.45, 2.75) is 68.1 Å². The van der Waals surface area contributed by atoms with Crippen molar-refractivity contribution in [1.29, 1.82) is 0 Å². The SMILES string of the molecule is C=CCCC(=O)N[C@@H](COCC(F)(F)C(F)F)C(=O)O[C@@H]([C@@H](O)n1cnc2c(N)ncnc21)[C@@H](COP(=O)(O)O[C@@H]([C@@H](O)n1ccc(N)nc1=O)[C@@H](COP(=O)(O)O)OC)OC. The third-order valence-corrected chi connectivity index (χ3v) is 9.61. The number of imidazole rings is 1. The standard InChI is InChI=1S/C30H43F4N9O17P2/c1-4-5-6-19(44)40-15(9-56-12-30(33,34)28(31)32)27(47)59-21(25(45)43-14-39-20-23(36)37-13-38-24(20)43)16(54-2)11-58-62(52,53)60-22(17(55-3)10-57-61(49,50)51)26(46)42-8-7-18(35)41-29(42)48/h4,7-8,13-17,21-22,25-26,28,45-46H,1,5-6,9-12H2,2-3H3,(H,40,44)(H,52,53)(H2,35,41,48)(H2,36,37,38)(H2,49,50,51)/t15-,16+,17+,21+,22+,25+,26+/m0/s1. The summed E-state index contributed by atoms with van der Waals surface area (Å²) >= 11 is 0. The number of phosphoric ester groups is 2. The van der Waals surface area contributed by atoms with Gasteiger partial charge in [-0.25, -0.2) is 42.5 Å². The van der Waals surface area contributed by atoms with Crippen LogP contribution in [0.25, 0.3) is 11.2 Å². The third kappa shape index (κ3) is 14.8. The van der Waals surface area contributed by atoms with E-state index in [2.05, 4.69) is 41.1 Å². The Balaban J connectivity index is 2.02. The lowest BCUT2D eigenvalue weighted by molar-refractivity contribution is -0.185. The fourth-order valence-corrected chi connectivity index (χ4v) is 6.32. The molecule has 0 aliphatic carbocycles. The predicted octanol–water partition coefficient (Wildman–Crippen LogP) is -0.849. The molecule has 0 saturated carbocycles. The highest BCUT2D eigenvalue weighted by atomic mass is 31.2. The van der Waals surface area contributed by atoms with Crippen LogP contribution >= 0.6 is 15.6 Å². The van der Waals surface area contributed by atoms with E-state index in [0.717, 1.165) is 43.7 Å². The third-order valence-electron chi connectivity index (χ3n) is 8.14. The van der Waals surface area contributed by atoms with Gasteiger partial charge < -0.3 is 60.6 Å². The zero-order valence-corrected chi connectivity index (χ0v) is 34.1. The number of alkyl halides is 4. The molecule has 0 radical (unpaired) electrons. The molecule has 0 aliphatic heterocycles.